The van der Waals surface area contributed by atoms with Gasteiger partial charge in [0.2, 0.25) is 0 Å². The van der Waals surface area contributed by atoms with Gasteiger partial charge < -0.3 is 15.0 Å². The van der Waals surface area contributed by atoms with Crippen LogP contribution in [0.4, 0.5) is 10.5 Å². The Morgan fingerprint density at radius 1 is 1.05 bits per heavy atom. The molecule has 0 radical (unpaired) electrons. The molecule has 1 aliphatic rings. The van der Waals surface area contributed by atoms with Crippen LogP contribution in [0.1, 0.15) is 66.7 Å². The van der Waals surface area contributed by atoms with E-state index in [0.717, 1.165) is 22.5 Å². The third-order valence-electron chi connectivity index (χ3n) is 6.42. The predicted octanol–water partition coefficient (Wildman–Crippen LogP) is 7.16. The SMILES string of the molecule is Cc1ccc(NC(=O)c2cnn(-c3cccc(Cl)c3C)c2C2CCN(C(=O)OC(C)(C)C)CC2)c(Cl)c1. The standard InChI is InChI=1S/C28H32Cl2N4O3/c1-17-9-10-23(22(30)15-17)32-26(35)20-16-31-34(24-8-6-7-21(29)18(24)2)25(20)19-11-13-33(14-12-19)27(36)37-28(3,4)5/h6-10,15-16,19H,11-14H2,1-5H3,(H,32,35). The normalized spacial score (nSPS) is 14.5. The zero-order valence-electron chi connectivity index (χ0n) is 21.8. The minimum absolute atomic E-state index is 0.00573. The Balaban J connectivity index is 1.67. The first kappa shape index (κ1) is 27.0. The lowest BCUT2D eigenvalue weighted by Gasteiger charge is -2.34. The van der Waals surface area contributed by atoms with E-state index in [-0.39, 0.29) is 17.9 Å². The van der Waals surface area contributed by atoms with Crippen LogP contribution in [0, 0.1) is 13.8 Å². The van der Waals surface area contributed by atoms with Crippen LogP contribution in [0.3, 0.4) is 0 Å². The largest absolute Gasteiger partial charge is 0.444 e. The van der Waals surface area contributed by atoms with E-state index in [1.54, 1.807) is 21.8 Å². The van der Waals surface area contributed by atoms with Gasteiger partial charge in [-0.2, -0.15) is 5.10 Å². The van der Waals surface area contributed by atoms with Gasteiger partial charge in [0.1, 0.15) is 5.60 Å². The molecule has 1 aliphatic heterocycles. The predicted molar refractivity (Wildman–Crippen MR) is 147 cm³/mol. The van der Waals surface area contributed by atoms with E-state index in [2.05, 4.69) is 10.4 Å². The van der Waals surface area contributed by atoms with E-state index in [1.165, 1.54) is 0 Å². The summed E-state index contributed by atoms with van der Waals surface area (Å²) in [6.45, 7) is 10.5. The third kappa shape index (κ3) is 6.11. The van der Waals surface area contributed by atoms with Crippen molar-refractivity contribution < 1.29 is 14.3 Å². The number of hydrogen-bond acceptors (Lipinski definition) is 4. The summed E-state index contributed by atoms with van der Waals surface area (Å²) in [4.78, 5) is 27.8. The molecule has 37 heavy (non-hydrogen) atoms. The van der Waals surface area contributed by atoms with E-state index in [9.17, 15) is 9.59 Å². The molecule has 0 atom stereocenters. The maximum Gasteiger partial charge on any atom is 0.410 e. The van der Waals surface area contributed by atoms with E-state index in [1.807, 2.05) is 65.0 Å². The molecule has 3 aromatic rings. The number of piperidine rings is 1. The number of nitrogens with zero attached hydrogens (tertiary/aromatic N) is 3. The van der Waals surface area contributed by atoms with E-state index in [0.29, 0.717) is 47.2 Å². The Morgan fingerprint density at radius 3 is 2.41 bits per heavy atom. The summed E-state index contributed by atoms with van der Waals surface area (Å²) in [7, 11) is 0. The molecule has 0 spiro atoms. The first-order valence-corrected chi connectivity index (χ1v) is 13.1. The van der Waals surface area contributed by atoms with Crippen molar-refractivity contribution in [3.63, 3.8) is 0 Å². The molecule has 4 rings (SSSR count). The Bertz CT molecular complexity index is 1320. The molecule has 1 saturated heterocycles. The molecular weight excluding hydrogens is 511 g/mol. The number of carbonyl (C=O) groups excluding carboxylic acids is 2. The molecule has 1 aromatic heterocycles. The van der Waals surface area contributed by atoms with Crippen molar-refractivity contribution in [2.45, 2.75) is 59.0 Å². The lowest BCUT2D eigenvalue weighted by Crippen LogP contribution is -2.41. The van der Waals surface area contributed by atoms with Gasteiger partial charge in [-0.3, -0.25) is 4.79 Å². The zero-order valence-corrected chi connectivity index (χ0v) is 23.3. The quantitative estimate of drug-likeness (QED) is 0.379. The Labute approximate surface area is 227 Å². The number of amides is 2. The van der Waals surface area contributed by atoms with Gasteiger partial charge in [-0.25, -0.2) is 9.48 Å². The first-order chi connectivity index (χ1) is 17.4. The minimum Gasteiger partial charge on any atom is -0.444 e. The summed E-state index contributed by atoms with van der Waals surface area (Å²) in [5.74, 6) is -0.296. The highest BCUT2D eigenvalue weighted by Crippen LogP contribution is 2.35. The number of anilines is 1. The number of carbonyl (C=O) groups is 2. The molecule has 0 unspecified atom stereocenters. The second-order valence-corrected chi connectivity index (χ2v) is 11.2. The summed E-state index contributed by atoms with van der Waals surface area (Å²) < 4.78 is 7.36. The smallest absolute Gasteiger partial charge is 0.410 e. The van der Waals surface area contributed by atoms with Crippen molar-refractivity contribution in [3.05, 3.63) is 75.0 Å². The molecule has 2 amide bonds. The third-order valence-corrected chi connectivity index (χ3v) is 7.15. The summed E-state index contributed by atoms with van der Waals surface area (Å²) in [5, 5.41) is 8.66. The number of halogens is 2. The molecule has 196 valence electrons. The first-order valence-electron chi connectivity index (χ1n) is 12.3. The summed E-state index contributed by atoms with van der Waals surface area (Å²) in [6, 6.07) is 11.1. The number of hydrogen-bond donors (Lipinski definition) is 1. The van der Waals surface area contributed by atoms with Gasteiger partial charge in [0, 0.05) is 24.0 Å². The van der Waals surface area contributed by atoms with Crippen molar-refractivity contribution >= 4 is 40.9 Å². The van der Waals surface area contributed by atoms with Gasteiger partial charge in [0.05, 0.1) is 33.9 Å². The van der Waals surface area contributed by atoms with Gasteiger partial charge in [-0.05, 0) is 82.9 Å². The van der Waals surface area contributed by atoms with E-state index >= 15 is 0 Å². The molecule has 0 saturated carbocycles. The number of aromatic nitrogens is 2. The van der Waals surface area contributed by atoms with Crippen LogP contribution in [0.25, 0.3) is 5.69 Å². The highest BCUT2D eigenvalue weighted by atomic mass is 35.5. The Hall–Kier alpha value is -3.03. The Kier molecular flexibility index (Phi) is 7.85. The highest BCUT2D eigenvalue weighted by molar-refractivity contribution is 6.34. The van der Waals surface area contributed by atoms with Crippen LogP contribution in [-0.4, -0.2) is 45.4 Å². The van der Waals surface area contributed by atoms with Gasteiger partial charge >= 0.3 is 6.09 Å². The average molecular weight is 543 g/mol. The lowest BCUT2D eigenvalue weighted by molar-refractivity contribution is 0.0203. The van der Waals surface area contributed by atoms with E-state index < -0.39 is 5.60 Å². The molecule has 1 N–H and O–H groups in total. The number of benzene rings is 2. The molecule has 1 fully saturated rings. The summed E-state index contributed by atoms with van der Waals surface area (Å²) in [6.07, 6.45) is 2.59. The van der Waals surface area contributed by atoms with E-state index in [4.69, 9.17) is 27.9 Å². The topological polar surface area (TPSA) is 76.5 Å². The molecule has 7 nitrogen and oxygen atoms in total. The summed E-state index contributed by atoms with van der Waals surface area (Å²) >= 11 is 12.8. The van der Waals surface area contributed by atoms with Crippen LogP contribution in [0.5, 0.6) is 0 Å². The summed E-state index contributed by atoms with van der Waals surface area (Å²) in [5.41, 5.74) is 3.91. The highest BCUT2D eigenvalue weighted by Gasteiger charge is 2.32. The van der Waals surface area contributed by atoms with Crippen LogP contribution in [-0.2, 0) is 4.74 Å². The molecular formula is C28H32Cl2N4O3. The second kappa shape index (κ2) is 10.8. The van der Waals surface area contributed by atoms with Crippen LogP contribution in [0.2, 0.25) is 10.0 Å². The zero-order chi connectivity index (χ0) is 26.9. The van der Waals surface area contributed by atoms with Crippen LogP contribution >= 0.6 is 23.2 Å². The number of nitrogens with one attached hydrogen (secondary N) is 1. The van der Waals surface area contributed by atoms with Gasteiger partial charge in [0.25, 0.3) is 5.91 Å². The number of ether oxygens (including phenoxy) is 1. The number of aryl methyl sites for hydroxylation is 1. The maximum absolute atomic E-state index is 13.5. The van der Waals surface area contributed by atoms with Crippen molar-refractivity contribution in [3.8, 4) is 5.69 Å². The van der Waals surface area contributed by atoms with Crippen molar-refractivity contribution in [2.75, 3.05) is 18.4 Å². The van der Waals surface area contributed by atoms with Gasteiger partial charge in [-0.15, -0.1) is 0 Å². The molecule has 0 bridgehead atoms. The minimum atomic E-state index is -0.556. The number of likely N-dealkylation sites (tertiary alicyclic amines) is 1. The molecule has 2 heterocycles. The van der Waals surface area contributed by atoms with Gasteiger partial charge in [-0.1, -0.05) is 35.3 Å². The Morgan fingerprint density at radius 2 is 1.76 bits per heavy atom. The fourth-order valence-corrected chi connectivity index (χ4v) is 4.97. The van der Waals surface area contributed by atoms with Crippen molar-refractivity contribution in [1.82, 2.24) is 14.7 Å². The monoisotopic (exact) mass is 542 g/mol. The van der Waals surface area contributed by atoms with Crippen molar-refractivity contribution in [2.24, 2.45) is 0 Å². The fourth-order valence-electron chi connectivity index (χ4n) is 4.52. The lowest BCUT2D eigenvalue weighted by atomic mass is 9.90. The number of rotatable bonds is 4. The van der Waals surface area contributed by atoms with Crippen LogP contribution in [0.15, 0.2) is 42.6 Å². The fraction of sp³-hybridized carbons (Fsp3) is 0.393. The molecule has 9 heteroatoms. The van der Waals surface area contributed by atoms with Crippen molar-refractivity contribution in [1.29, 1.82) is 0 Å². The maximum atomic E-state index is 13.5. The second-order valence-electron chi connectivity index (χ2n) is 10.4. The average Bonchev–Trinajstić information content (AvgIpc) is 3.26. The van der Waals surface area contributed by atoms with Gasteiger partial charge in [0.15, 0.2) is 0 Å². The molecule has 0 aliphatic carbocycles. The van der Waals surface area contributed by atoms with Crippen LogP contribution < -0.4 is 5.32 Å². The molecule has 2 aromatic carbocycles.